The molecule has 1 aromatic rings. The van der Waals surface area contributed by atoms with Gasteiger partial charge in [0, 0.05) is 39.4 Å². The first-order valence-corrected chi connectivity index (χ1v) is 7.40. The molecular formula is C14H25N5O. The molecule has 0 aliphatic carbocycles. The van der Waals surface area contributed by atoms with Crippen LogP contribution in [0.3, 0.4) is 0 Å². The molecule has 1 fully saturated rings. The van der Waals surface area contributed by atoms with E-state index in [9.17, 15) is 4.79 Å². The highest BCUT2D eigenvalue weighted by Crippen LogP contribution is 2.13. The van der Waals surface area contributed by atoms with Crippen LogP contribution < -0.4 is 5.73 Å². The number of carbonyl (C=O) groups is 1. The summed E-state index contributed by atoms with van der Waals surface area (Å²) in [5, 5.41) is 4.35. The number of carbonyl (C=O) groups excluding carboxylic acids is 1. The zero-order chi connectivity index (χ0) is 14.5. The van der Waals surface area contributed by atoms with E-state index < -0.39 is 0 Å². The van der Waals surface area contributed by atoms with E-state index in [1.807, 2.05) is 25.1 Å². The number of aryl methyl sites for hydroxylation is 2. The zero-order valence-electron chi connectivity index (χ0n) is 12.5. The number of nitrogens with two attached hydrogens (primary N) is 1. The van der Waals surface area contributed by atoms with E-state index in [0.717, 1.165) is 63.4 Å². The van der Waals surface area contributed by atoms with E-state index >= 15 is 0 Å². The first-order chi connectivity index (χ1) is 9.65. The molecule has 0 spiro atoms. The van der Waals surface area contributed by atoms with Gasteiger partial charge in [0.05, 0.1) is 11.3 Å². The molecule has 0 bridgehead atoms. The molecule has 0 radical (unpaired) electrons. The Morgan fingerprint density at radius 3 is 2.65 bits per heavy atom. The number of nitrogens with zero attached hydrogens (tertiary/aromatic N) is 4. The maximum atomic E-state index is 12.5. The van der Waals surface area contributed by atoms with Crippen LogP contribution in [0.5, 0.6) is 0 Å². The highest BCUT2D eigenvalue weighted by Gasteiger charge is 2.24. The van der Waals surface area contributed by atoms with Crippen molar-refractivity contribution in [1.29, 1.82) is 0 Å². The van der Waals surface area contributed by atoms with E-state index in [0.29, 0.717) is 0 Å². The van der Waals surface area contributed by atoms with Crippen LogP contribution in [0.1, 0.15) is 29.4 Å². The van der Waals surface area contributed by atoms with Crippen molar-refractivity contribution >= 4 is 5.91 Å². The Morgan fingerprint density at radius 1 is 1.35 bits per heavy atom. The van der Waals surface area contributed by atoms with E-state index in [2.05, 4.69) is 10.00 Å². The predicted molar refractivity (Wildman–Crippen MR) is 78.6 cm³/mol. The van der Waals surface area contributed by atoms with Gasteiger partial charge in [-0.3, -0.25) is 14.4 Å². The lowest BCUT2D eigenvalue weighted by molar-refractivity contribution is 0.0635. The standard InChI is InChI=1S/C14H25N5O/c1-3-13-12(11-17(2)16-13)14(20)19-9-7-18(8-10-19)6-4-5-15/h11H,3-10,15H2,1-2H3. The third kappa shape index (κ3) is 3.37. The minimum atomic E-state index is 0.119. The van der Waals surface area contributed by atoms with Crippen molar-refractivity contribution < 1.29 is 4.79 Å². The van der Waals surface area contributed by atoms with E-state index in [1.54, 1.807) is 4.68 Å². The van der Waals surface area contributed by atoms with Gasteiger partial charge in [0.2, 0.25) is 0 Å². The van der Waals surface area contributed by atoms with Crippen LogP contribution in [0.4, 0.5) is 0 Å². The van der Waals surface area contributed by atoms with Gasteiger partial charge in [-0.15, -0.1) is 0 Å². The molecule has 0 unspecified atom stereocenters. The minimum Gasteiger partial charge on any atom is -0.336 e. The second-order valence-corrected chi connectivity index (χ2v) is 5.29. The van der Waals surface area contributed by atoms with Crippen molar-refractivity contribution in [3.05, 3.63) is 17.5 Å². The fourth-order valence-electron chi connectivity index (χ4n) is 2.63. The van der Waals surface area contributed by atoms with Crippen molar-refractivity contribution in [1.82, 2.24) is 19.6 Å². The number of amides is 1. The molecule has 1 aliphatic heterocycles. The maximum Gasteiger partial charge on any atom is 0.257 e. The molecule has 2 N–H and O–H groups in total. The molecule has 0 aromatic carbocycles. The van der Waals surface area contributed by atoms with E-state index in [1.165, 1.54) is 0 Å². The Labute approximate surface area is 120 Å². The fourth-order valence-corrected chi connectivity index (χ4v) is 2.63. The van der Waals surface area contributed by atoms with Gasteiger partial charge in [0.25, 0.3) is 5.91 Å². The Morgan fingerprint density at radius 2 is 2.05 bits per heavy atom. The summed E-state index contributed by atoms with van der Waals surface area (Å²) >= 11 is 0. The molecule has 1 amide bonds. The number of hydrogen-bond donors (Lipinski definition) is 1. The van der Waals surface area contributed by atoms with Crippen molar-refractivity contribution in [3.63, 3.8) is 0 Å². The van der Waals surface area contributed by atoms with Crippen molar-refractivity contribution in [3.8, 4) is 0 Å². The molecule has 1 saturated heterocycles. The molecule has 20 heavy (non-hydrogen) atoms. The summed E-state index contributed by atoms with van der Waals surface area (Å²) < 4.78 is 1.73. The number of piperazine rings is 1. The Kier molecular flexibility index (Phi) is 5.14. The van der Waals surface area contributed by atoms with Crippen LogP contribution in [0.15, 0.2) is 6.20 Å². The van der Waals surface area contributed by atoms with Gasteiger partial charge in [-0.05, 0) is 25.9 Å². The van der Waals surface area contributed by atoms with Gasteiger partial charge < -0.3 is 10.6 Å². The van der Waals surface area contributed by atoms with Gasteiger partial charge in [0.1, 0.15) is 0 Å². The van der Waals surface area contributed by atoms with Crippen LogP contribution >= 0.6 is 0 Å². The third-order valence-electron chi connectivity index (χ3n) is 3.81. The Balaban J connectivity index is 1.94. The Bertz CT molecular complexity index is 448. The summed E-state index contributed by atoms with van der Waals surface area (Å²) in [5.41, 5.74) is 7.18. The zero-order valence-corrected chi connectivity index (χ0v) is 12.5. The lowest BCUT2D eigenvalue weighted by Crippen LogP contribution is -2.49. The molecule has 6 nitrogen and oxygen atoms in total. The lowest BCUT2D eigenvalue weighted by Gasteiger charge is -2.34. The molecular weight excluding hydrogens is 254 g/mol. The largest absolute Gasteiger partial charge is 0.336 e. The van der Waals surface area contributed by atoms with Crippen molar-refractivity contribution in [2.45, 2.75) is 19.8 Å². The molecule has 1 aliphatic rings. The van der Waals surface area contributed by atoms with Crippen LogP contribution in [0.2, 0.25) is 0 Å². The van der Waals surface area contributed by atoms with Gasteiger partial charge >= 0.3 is 0 Å². The highest BCUT2D eigenvalue weighted by molar-refractivity contribution is 5.95. The second-order valence-electron chi connectivity index (χ2n) is 5.29. The van der Waals surface area contributed by atoms with Crippen LogP contribution in [-0.4, -0.2) is 64.8 Å². The molecule has 2 rings (SSSR count). The predicted octanol–water partition coefficient (Wildman–Crippen LogP) is 0.0891. The first kappa shape index (κ1) is 15.0. The maximum absolute atomic E-state index is 12.5. The van der Waals surface area contributed by atoms with Gasteiger partial charge in [-0.1, -0.05) is 6.92 Å². The van der Waals surface area contributed by atoms with Gasteiger partial charge in [-0.2, -0.15) is 5.10 Å². The fraction of sp³-hybridized carbons (Fsp3) is 0.714. The van der Waals surface area contributed by atoms with Crippen LogP contribution in [0.25, 0.3) is 0 Å². The van der Waals surface area contributed by atoms with Crippen LogP contribution in [0, 0.1) is 0 Å². The highest BCUT2D eigenvalue weighted by atomic mass is 16.2. The normalized spacial score (nSPS) is 16.6. The average molecular weight is 279 g/mol. The monoisotopic (exact) mass is 279 g/mol. The number of rotatable bonds is 5. The van der Waals surface area contributed by atoms with E-state index in [-0.39, 0.29) is 5.91 Å². The quantitative estimate of drug-likeness (QED) is 0.829. The first-order valence-electron chi connectivity index (χ1n) is 7.40. The third-order valence-corrected chi connectivity index (χ3v) is 3.81. The molecule has 1 aromatic heterocycles. The lowest BCUT2D eigenvalue weighted by atomic mass is 10.1. The number of aromatic nitrogens is 2. The molecule has 6 heteroatoms. The van der Waals surface area contributed by atoms with Crippen LogP contribution in [-0.2, 0) is 13.5 Å². The topological polar surface area (TPSA) is 67.4 Å². The SMILES string of the molecule is CCc1nn(C)cc1C(=O)N1CCN(CCCN)CC1. The summed E-state index contributed by atoms with van der Waals surface area (Å²) in [6, 6.07) is 0. The summed E-state index contributed by atoms with van der Waals surface area (Å²) in [4.78, 5) is 16.9. The molecule has 0 saturated carbocycles. The van der Waals surface area contributed by atoms with Gasteiger partial charge in [-0.25, -0.2) is 0 Å². The van der Waals surface area contributed by atoms with Crippen molar-refractivity contribution in [2.24, 2.45) is 12.8 Å². The summed E-state index contributed by atoms with van der Waals surface area (Å²) in [5.74, 6) is 0.119. The second kappa shape index (κ2) is 6.85. The summed E-state index contributed by atoms with van der Waals surface area (Å²) in [6.07, 6.45) is 3.65. The minimum absolute atomic E-state index is 0.119. The average Bonchev–Trinajstić information content (AvgIpc) is 2.86. The molecule has 0 atom stereocenters. The van der Waals surface area contributed by atoms with E-state index in [4.69, 9.17) is 5.73 Å². The smallest absolute Gasteiger partial charge is 0.257 e. The molecule has 112 valence electrons. The molecule has 2 heterocycles. The van der Waals surface area contributed by atoms with Crippen molar-refractivity contribution in [2.75, 3.05) is 39.3 Å². The summed E-state index contributed by atoms with van der Waals surface area (Å²) in [6.45, 7) is 7.26. The Hall–Kier alpha value is -1.40. The van der Waals surface area contributed by atoms with Gasteiger partial charge in [0.15, 0.2) is 0 Å². The summed E-state index contributed by atoms with van der Waals surface area (Å²) in [7, 11) is 1.86. The number of hydrogen-bond acceptors (Lipinski definition) is 4.